The van der Waals surface area contributed by atoms with Gasteiger partial charge in [-0.2, -0.15) is 0 Å². The summed E-state index contributed by atoms with van der Waals surface area (Å²) in [5, 5.41) is 5.85. The summed E-state index contributed by atoms with van der Waals surface area (Å²) in [6.07, 6.45) is -3.04. The zero-order chi connectivity index (χ0) is 17.0. The van der Waals surface area contributed by atoms with E-state index in [1.165, 1.54) is 12.1 Å². The van der Waals surface area contributed by atoms with E-state index in [0.717, 1.165) is 31.5 Å². The fraction of sp³-hybridized carbons (Fsp3) is 0.562. The van der Waals surface area contributed by atoms with Crippen LogP contribution in [0.5, 0.6) is 5.75 Å². The van der Waals surface area contributed by atoms with Gasteiger partial charge in [-0.3, -0.25) is 4.79 Å². The molecule has 0 unspecified atom stereocenters. The van der Waals surface area contributed by atoms with Gasteiger partial charge in [-0.15, -0.1) is 13.2 Å². The minimum absolute atomic E-state index is 0.0768. The van der Waals surface area contributed by atoms with E-state index in [0.29, 0.717) is 0 Å². The Morgan fingerprint density at radius 3 is 2.52 bits per heavy atom. The third kappa shape index (κ3) is 5.13. The first-order valence-corrected chi connectivity index (χ1v) is 7.67. The highest BCUT2D eigenvalue weighted by Crippen LogP contribution is 2.32. The van der Waals surface area contributed by atoms with Gasteiger partial charge >= 0.3 is 6.36 Å². The molecule has 4 nitrogen and oxygen atoms in total. The second-order valence-corrected chi connectivity index (χ2v) is 5.96. The monoisotopic (exact) mass is 330 g/mol. The van der Waals surface area contributed by atoms with Gasteiger partial charge in [0.2, 0.25) is 0 Å². The highest BCUT2D eigenvalue weighted by molar-refractivity contribution is 5.97. The Morgan fingerprint density at radius 1 is 1.30 bits per heavy atom. The van der Waals surface area contributed by atoms with Crippen molar-refractivity contribution in [2.24, 2.45) is 0 Å². The summed E-state index contributed by atoms with van der Waals surface area (Å²) in [6.45, 7) is 5.22. The summed E-state index contributed by atoms with van der Waals surface area (Å²) in [5.74, 6) is -0.787. The van der Waals surface area contributed by atoms with Crippen LogP contribution in [-0.2, 0) is 0 Å². The SMILES string of the molecule is CC(C)NC(=O)c1cc(C2CCNCC2)ccc1OC(F)(F)F. The summed E-state index contributed by atoms with van der Waals surface area (Å²) >= 11 is 0. The third-order valence-corrected chi connectivity index (χ3v) is 3.70. The molecule has 2 N–H and O–H groups in total. The van der Waals surface area contributed by atoms with Crippen LogP contribution < -0.4 is 15.4 Å². The van der Waals surface area contributed by atoms with Crippen LogP contribution in [0.1, 0.15) is 48.5 Å². The van der Waals surface area contributed by atoms with Crippen molar-refractivity contribution in [2.45, 2.75) is 45.0 Å². The first-order chi connectivity index (χ1) is 10.8. The molecule has 0 aliphatic carbocycles. The van der Waals surface area contributed by atoms with Gasteiger partial charge in [-0.25, -0.2) is 0 Å². The van der Waals surface area contributed by atoms with E-state index in [9.17, 15) is 18.0 Å². The summed E-state index contributed by atoms with van der Waals surface area (Å²) in [7, 11) is 0. The van der Waals surface area contributed by atoms with E-state index in [-0.39, 0.29) is 17.5 Å². The predicted molar refractivity (Wildman–Crippen MR) is 80.6 cm³/mol. The number of piperidine rings is 1. The van der Waals surface area contributed by atoms with Crippen LogP contribution in [0.25, 0.3) is 0 Å². The van der Waals surface area contributed by atoms with E-state index in [2.05, 4.69) is 15.4 Å². The Kier molecular flexibility index (Phi) is 5.51. The Hall–Kier alpha value is -1.76. The number of amides is 1. The van der Waals surface area contributed by atoms with Crippen LogP contribution in [0.4, 0.5) is 13.2 Å². The number of nitrogens with one attached hydrogen (secondary N) is 2. The van der Waals surface area contributed by atoms with Crippen molar-refractivity contribution in [1.82, 2.24) is 10.6 Å². The van der Waals surface area contributed by atoms with Crippen molar-refractivity contribution in [3.63, 3.8) is 0 Å². The average Bonchev–Trinajstić information content (AvgIpc) is 2.46. The van der Waals surface area contributed by atoms with Crippen molar-refractivity contribution < 1.29 is 22.7 Å². The van der Waals surface area contributed by atoms with Crippen molar-refractivity contribution >= 4 is 5.91 Å². The molecule has 1 amide bonds. The van der Waals surface area contributed by atoms with Gasteiger partial charge in [0.25, 0.3) is 5.91 Å². The molecule has 0 atom stereocenters. The molecule has 128 valence electrons. The smallest absolute Gasteiger partial charge is 0.405 e. The molecule has 1 saturated heterocycles. The molecular weight excluding hydrogens is 309 g/mol. The van der Waals surface area contributed by atoms with E-state index in [4.69, 9.17) is 0 Å². The van der Waals surface area contributed by atoms with Gasteiger partial charge in [0, 0.05) is 6.04 Å². The maximum absolute atomic E-state index is 12.5. The highest BCUT2D eigenvalue weighted by Gasteiger charge is 2.33. The Balaban J connectivity index is 2.32. The number of hydrogen-bond acceptors (Lipinski definition) is 3. The van der Waals surface area contributed by atoms with Crippen molar-refractivity contribution in [2.75, 3.05) is 13.1 Å². The lowest BCUT2D eigenvalue weighted by Gasteiger charge is -2.24. The predicted octanol–water partition coefficient (Wildman–Crippen LogP) is 3.19. The number of hydrogen-bond donors (Lipinski definition) is 2. The maximum atomic E-state index is 12.5. The summed E-state index contributed by atoms with van der Waals surface area (Å²) in [4.78, 5) is 12.2. The number of alkyl halides is 3. The standard InChI is InChI=1S/C16H21F3N2O2/c1-10(2)21-15(22)13-9-12(11-5-7-20-8-6-11)3-4-14(13)23-16(17,18)19/h3-4,9-11,20H,5-8H2,1-2H3,(H,21,22). The normalized spacial score (nSPS) is 16.4. The Labute approximate surface area is 133 Å². The summed E-state index contributed by atoms with van der Waals surface area (Å²) in [5.41, 5.74) is 0.794. The number of ether oxygens (including phenoxy) is 1. The first-order valence-electron chi connectivity index (χ1n) is 7.67. The first kappa shape index (κ1) is 17.6. The molecule has 2 rings (SSSR count). The molecule has 1 aromatic rings. The third-order valence-electron chi connectivity index (χ3n) is 3.70. The number of carbonyl (C=O) groups excluding carboxylic acids is 1. The lowest BCUT2D eigenvalue weighted by atomic mass is 9.89. The molecule has 0 bridgehead atoms. The van der Waals surface area contributed by atoms with Crippen LogP contribution in [0, 0.1) is 0 Å². The van der Waals surface area contributed by atoms with Crippen LogP contribution in [-0.4, -0.2) is 31.4 Å². The summed E-state index contributed by atoms with van der Waals surface area (Å²) < 4.78 is 41.6. The van der Waals surface area contributed by atoms with Gasteiger partial charge in [-0.05, 0) is 63.4 Å². The van der Waals surface area contributed by atoms with Crippen molar-refractivity contribution in [1.29, 1.82) is 0 Å². The van der Waals surface area contributed by atoms with E-state index in [1.54, 1.807) is 19.9 Å². The Bertz CT molecular complexity index is 553. The molecule has 0 saturated carbocycles. The molecule has 23 heavy (non-hydrogen) atoms. The minimum atomic E-state index is -4.83. The van der Waals surface area contributed by atoms with Gasteiger partial charge in [0.1, 0.15) is 5.75 Å². The zero-order valence-corrected chi connectivity index (χ0v) is 13.2. The molecule has 1 aliphatic rings. The van der Waals surface area contributed by atoms with Crippen molar-refractivity contribution in [3.05, 3.63) is 29.3 Å². The molecule has 0 radical (unpaired) electrons. The number of halogens is 3. The second kappa shape index (κ2) is 7.21. The molecule has 0 spiro atoms. The highest BCUT2D eigenvalue weighted by atomic mass is 19.4. The summed E-state index contributed by atoms with van der Waals surface area (Å²) in [6, 6.07) is 4.20. The molecule has 1 heterocycles. The molecular formula is C16H21F3N2O2. The van der Waals surface area contributed by atoms with Crippen molar-refractivity contribution in [3.8, 4) is 5.75 Å². The number of benzene rings is 1. The van der Waals surface area contributed by atoms with Gasteiger partial charge in [0.05, 0.1) is 5.56 Å². The topological polar surface area (TPSA) is 50.4 Å². The van der Waals surface area contributed by atoms with Crippen LogP contribution in [0.2, 0.25) is 0 Å². The molecule has 1 fully saturated rings. The van der Waals surface area contributed by atoms with Gasteiger partial charge < -0.3 is 15.4 Å². The van der Waals surface area contributed by atoms with Gasteiger partial charge in [0.15, 0.2) is 0 Å². The lowest BCUT2D eigenvalue weighted by molar-refractivity contribution is -0.274. The number of rotatable bonds is 4. The molecule has 7 heteroatoms. The molecule has 1 aromatic carbocycles. The zero-order valence-electron chi connectivity index (χ0n) is 13.2. The largest absolute Gasteiger partial charge is 0.573 e. The second-order valence-electron chi connectivity index (χ2n) is 5.96. The minimum Gasteiger partial charge on any atom is -0.405 e. The maximum Gasteiger partial charge on any atom is 0.573 e. The Morgan fingerprint density at radius 2 is 1.96 bits per heavy atom. The van der Waals surface area contributed by atoms with E-state index < -0.39 is 18.0 Å². The lowest BCUT2D eigenvalue weighted by Crippen LogP contribution is -2.31. The fourth-order valence-electron chi connectivity index (χ4n) is 2.69. The average molecular weight is 330 g/mol. The van der Waals surface area contributed by atoms with E-state index in [1.807, 2.05) is 0 Å². The van der Waals surface area contributed by atoms with E-state index >= 15 is 0 Å². The molecule has 0 aromatic heterocycles. The van der Waals surface area contributed by atoms with Gasteiger partial charge in [-0.1, -0.05) is 6.07 Å². The van der Waals surface area contributed by atoms with Crippen LogP contribution >= 0.6 is 0 Å². The van der Waals surface area contributed by atoms with Crippen LogP contribution in [0.3, 0.4) is 0 Å². The quantitative estimate of drug-likeness (QED) is 0.891. The fourth-order valence-corrected chi connectivity index (χ4v) is 2.69. The molecule has 1 aliphatic heterocycles. The van der Waals surface area contributed by atoms with Crippen LogP contribution in [0.15, 0.2) is 18.2 Å². The number of carbonyl (C=O) groups is 1.